The summed E-state index contributed by atoms with van der Waals surface area (Å²) in [5.74, 6) is 1.97. The SMILES string of the molecule is Cc1noc(C)c1CCC(=O)N1CCC2(CCCN(CC3CC3)C2=O)C1. The Morgan fingerprint density at radius 2 is 2.08 bits per heavy atom. The van der Waals surface area contributed by atoms with Gasteiger partial charge >= 0.3 is 0 Å². The number of hydrogen-bond donors (Lipinski definition) is 0. The number of carbonyl (C=O) groups is 2. The zero-order valence-corrected chi connectivity index (χ0v) is 15.9. The molecule has 3 aliphatic rings. The highest BCUT2D eigenvalue weighted by Crippen LogP contribution is 2.41. The van der Waals surface area contributed by atoms with Gasteiger partial charge in [0.25, 0.3) is 0 Å². The summed E-state index contributed by atoms with van der Waals surface area (Å²) in [6.45, 7) is 6.95. The fourth-order valence-corrected chi connectivity index (χ4v) is 4.65. The molecule has 3 heterocycles. The van der Waals surface area contributed by atoms with Gasteiger partial charge in [-0.15, -0.1) is 0 Å². The Labute approximate surface area is 154 Å². The maximum atomic E-state index is 13.1. The Morgan fingerprint density at radius 1 is 1.27 bits per heavy atom. The first-order valence-electron chi connectivity index (χ1n) is 9.97. The lowest BCUT2D eigenvalue weighted by Crippen LogP contribution is -2.50. The third-order valence-electron chi connectivity index (χ3n) is 6.48. The molecule has 1 atom stereocenters. The number of aromatic nitrogens is 1. The van der Waals surface area contributed by atoms with Gasteiger partial charge in [0.1, 0.15) is 5.76 Å². The molecular formula is C20H29N3O3. The van der Waals surface area contributed by atoms with E-state index >= 15 is 0 Å². The minimum atomic E-state index is -0.314. The van der Waals surface area contributed by atoms with Gasteiger partial charge in [-0.3, -0.25) is 9.59 Å². The van der Waals surface area contributed by atoms with Crippen LogP contribution >= 0.6 is 0 Å². The van der Waals surface area contributed by atoms with Gasteiger partial charge in [0, 0.05) is 38.2 Å². The second-order valence-electron chi connectivity index (χ2n) is 8.45. The third kappa shape index (κ3) is 3.26. The molecule has 0 aromatic carbocycles. The second-order valence-corrected chi connectivity index (χ2v) is 8.45. The summed E-state index contributed by atoms with van der Waals surface area (Å²) in [7, 11) is 0. The van der Waals surface area contributed by atoms with Gasteiger partial charge in [-0.25, -0.2) is 0 Å². The molecule has 1 aromatic heterocycles. The van der Waals surface area contributed by atoms with Crippen LogP contribution in [-0.4, -0.2) is 52.9 Å². The molecule has 1 aromatic rings. The normalized spacial score (nSPS) is 26.2. The van der Waals surface area contributed by atoms with Gasteiger partial charge in [0.2, 0.25) is 11.8 Å². The summed E-state index contributed by atoms with van der Waals surface area (Å²) >= 11 is 0. The third-order valence-corrected chi connectivity index (χ3v) is 6.48. The van der Waals surface area contributed by atoms with E-state index in [9.17, 15) is 9.59 Å². The Hall–Kier alpha value is -1.85. The van der Waals surface area contributed by atoms with Crippen LogP contribution in [0.25, 0.3) is 0 Å². The molecule has 2 aliphatic heterocycles. The first-order valence-corrected chi connectivity index (χ1v) is 9.97. The number of piperidine rings is 1. The molecule has 1 unspecified atom stereocenters. The first kappa shape index (κ1) is 17.6. The van der Waals surface area contributed by atoms with Crippen molar-refractivity contribution in [1.29, 1.82) is 0 Å². The molecular weight excluding hydrogens is 330 g/mol. The molecule has 2 amide bonds. The predicted molar refractivity (Wildman–Crippen MR) is 96.5 cm³/mol. The second kappa shape index (κ2) is 6.71. The molecule has 0 bridgehead atoms. The topological polar surface area (TPSA) is 66.7 Å². The van der Waals surface area contributed by atoms with Gasteiger partial charge in [-0.05, 0) is 58.3 Å². The van der Waals surface area contributed by atoms with Crippen molar-refractivity contribution in [2.24, 2.45) is 11.3 Å². The summed E-state index contributed by atoms with van der Waals surface area (Å²) in [5.41, 5.74) is 1.59. The average Bonchev–Trinajstić information content (AvgIpc) is 3.25. The monoisotopic (exact) mass is 359 g/mol. The first-order chi connectivity index (χ1) is 12.5. The highest BCUT2D eigenvalue weighted by atomic mass is 16.5. The van der Waals surface area contributed by atoms with Crippen LogP contribution in [0.4, 0.5) is 0 Å². The van der Waals surface area contributed by atoms with E-state index in [2.05, 4.69) is 10.1 Å². The van der Waals surface area contributed by atoms with Crippen LogP contribution < -0.4 is 0 Å². The summed E-state index contributed by atoms with van der Waals surface area (Å²) in [5, 5.41) is 3.96. The number of aryl methyl sites for hydroxylation is 2. The standard InChI is InChI=1S/C20H29N3O3/c1-14-17(15(2)26-21-14)6-7-18(24)23-11-9-20(13-23)8-3-10-22(19(20)25)12-16-4-5-16/h16H,3-13H2,1-2H3. The van der Waals surface area contributed by atoms with Crippen LogP contribution in [-0.2, 0) is 16.0 Å². The number of rotatable bonds is 5. The van der Waals surface area contributed by atoms with Crippen molar-refractivity contribution < 1.29 is 14.1 Å². The minimum Gasteiger partial charge on any atom is -0.361 e. The van der Waals surface area contributed by atoms with Crippen molar-refractivity contribution in [2.45, 2.75) is 58.8 Å². The Morgan fingerprint density at radius 3 is 2.77 bits per heavy atom. The Kier molecular flexibility index (Phi) is 4.53. The molecule has 6 heteroatoms. The van der Waals surface area contributed by atoms with E-state index in [0.29, 0.717) is 31.8 Å². The van der Waals surface area contributed by atoms with Crippen LogP contribution in [0.2, 0.25) is 0 Å². The van der Waals surface area contributed by atoms with Crippen molar-refractivity contribution in [1.82, 2.24) is 15.0 Å². The molecule has 1 saturated carbocycles. The van der Waals surface area contributed by atoms with E-state index in [-0.39, 0.29) is 11.3 Å². The predicted octanol–water partition coefficient (Wildman–Crippen LogP) is 2.48. The van der Waals surface area contributed by atoms with Crippen LogP contribution in [0.1, 0.15) is 55.5 Å². The van der Waals surface area contributed by atoms with Crippen molar-refractivity contribution in [3.05, 3.63) is 17.0 Å². The molecule has 3 fully saturated rings. The summed E-state index contributed by atoms with van der Waals surface area (Å²) in [4.78, 5) is 29.8. The summed E-state index contributed by atoms with van der Waals surface area (Å²) in [6.07, 6.45) is 6.47. The van der Waals surface area contributed by atoms with Crippen molar-refractivity contribution in [3.8, 4) is 0 Å². The molecule has 4 rings (SSSR count). The maximum Gasteiger partial charge on any atom is 0.230 e. The summed E-state index contributed by atoms with van der Waals surface area (Å²) in [6, 6.07) is 0. The lowest BCUT2D eigenvalue weighted by atomic mass is 9.78. The number of nitrogens with zero attached hydrogens (tertiary/aromatic N) is 3. The number of likely N-dealkylation sites (tertiary alicyclic amines) is 2. The van der Waals surface area contributed by atoms with Gasteiger partial charge in [-0.1, -0.05) is 5.16 Å². The van der Waals surface area contributed by atoms with E-state index in [4.69, 9.17) is 4.52 Å². The van der Waals surface area contributed by atoms with E-state index in [1.165, 1.54) is 12.8 Å². The lowest BCUT2D eigenvalue weighted by Gasteiger charge is -2.39. The fourth-order valence-electron chi connectivity index (χ4n) is 4.65. The van der Waals surface area contributed by atoms with Crippen LogP contribution in [0.5, 0.6) is 0 Å². The Balaban J connectivity index is 1.36. The molecule has 1 spiro atoms. The van der Waals surface area contributed by atoms with Gasteiger partial charge in [0.15, 0.2) is 0 Å². The van der Waals surface area contributed by atoms with E-state index in [1.807, 2.05) is 18.7 Å². The molecule has 0 radical (unpaired) electrons. The molecule has 2 saturated heterocycles. The number of amides is 2. The molecule has 26 heavy (non-hydrogen) atoms. The highest BCUT2D eigenvalue weighted by Gasteiger charge is 2.49. The summed E-state index contributed by atoms with van der Waals surface area (Å²) < 4.78 is 5.18. The minimum absolute atomic E-state index is 0.147. The highest BCUT2D eigenvalue weighted by molar-refractivity contribution is 5.86. The van der Waals surface area contributed by atoms with Crippen molar-refractivity contribution >= 4 is 11.8 Å². The smallest absolute Gasteiger partial charge is 0.230 e. The van der Waals surface area contributed by atoms with Gasteiger partial charge in [-0.2, -0.15) is 0 Å². The largest absolute Gasteiger partial charge is 0.361 e. The molecule has 1 aliphatic carbocycles. The molecule has 6 nitrogen and oxygen atoms in total. The molecule has 142 valence electrons. The quantitative estimate of drug-likeness (QED) is 0.810. The van der Waals surface area contributed by atoms with Crippen LogP contribution in [0, 0.1) is 25.2 Å². The molecule has 0 N–H and O–H groups in total. The lowest BCUT2D eigenvalue weighted by molar-refractivity contribution is -0.146. The van der Waals surface area contributed by atoms with Gasteiger partial charge < -0.3 is 14.3 Å². The van der Waals surface area contributed by atoms with Crippen molar-refractivity contribution in [3.63, 3.8) is 0 Å². The maximum absolute atomic E-state index is 13.1. The Bertz CT molecular complexity index is 690. The fraction of sp³-hybridized carbons (Fsp3) is 0.750. The number of hydrogen-bond acceptors (Lipinski definition) is 4. The zero-order chi connectivity index (χ0) is 18.3. The van der Waals surface area contributed by atoms with E-state index in [1.54, 1.807) is 0 Å². The van der Waals surface area contributed by atoms with Gasteiger partial charge in [0.05, 0.1) is 11.1 Å². The zero-order valence-electron chi connectivity index (χ0n) is 15.9. The van der Waals surface area contributed by atoms with Crippen molar-refractivity contribution in [2.75, 3.05) is 26.2 Å². The van der Waals surface area contributed by atoms with E-state index in [0.717, 1.165) is 55.3 Å². The van der Waals surface area contributed by atoms with E-state index < -0.39 is 0 Å². The average molecular weight is 359 g/mol. The number of carbonyl (C=O) groups excluding carboxylic acids is 2. The van der Waals surface area contributed by atoms with Crippen LogP contribution in [0.15, 0.2) is 4.52 Å². The van der Waals surface area contributed by atoms with Crippen LogP contribution in [0.3, 0.4) is 0 Å².